The van der Waals surface area contributed by atoms with Gasteiger partial charge in [0.15, 0.2) is 6.29 Å². The van der Waals surface area contributed by atoms with E-state index in [0.717, 1.165) is 0 Å². The number of aldehydes is 2. The number of ether oxygens (including phenoxy) is 1. The third-order valence-corrected chi connectivity index (χ3v) is 3.02. The zero-order valence-electron chi connectivity index (χ0n) is 12.1. The van der Waals surface area contributed by atoms with Crippen molar-refractivity contribution in [2.75, 3.05) is 11.5 Å². The third kappa shape index (κ3) is 3.20. The van der Waals surface area contributed by atoms with E-state index in [9.17, 15) is 14.4 Å². The fraction of sp³-hybridized carbons (Fsp3) is 0.118. The van der Waals surface area contributed by atoms with Crippen LogP contribution in [0.5, 0.6) is 0 Å². The maximum Gasteiger partial charge on any atom is 0.418 e. The molecule has 2 rings (SSSR count). The first kappa shape index (κ1) is 15.4. The maximum atomic E-state index is 12.3. The molecule has 0 bridgehead atoms. The predicted molar refractivity (Wildman–Crippen MR) is 82.8 cm³/mol. The number of anilines is 2. The summed E-state index contributed by atoms with van der Waals surface area (Å²) in [5.41, 5.74) is 1.54. The number of rotatable bonds is 5. The van der Waals surface area contributed by atoms with Crippen molar-refractivity contribution in [3.05, 3.63) is 59.7 Å². The quantitative estimate of drug-likeness (QED) is 0.791. The van der Waals surface area contributed by atoms with Gasteiger partial charge in [0.1, 0.15) is 6.29 Å². The number of carbonyl (C=O) groups is 3. The molecule has 22 heavy (non-hydrogen) atoms. The summed E-state index contributed by atoms with van der Waals surface area (Å²) in [6.45, 7) is 1.92. The Bertz CT molecular complexity index is 682. The molecule has 5 heteroatoms. The van der Waals surface area contributed by atoms with Crippen LogP contribution in [0.3, 0.4) is 0 Å². The van der Waals surface area contributed by atoms with Crippen LogP contribution in [0.25, 0.3) is 0 Å². The normalized spacial score (nSPS) is 9.86. The number of hydrogen-bond donors (Lipinski definition) is 0. The average Bonchev–Trinajstić information content (AvgIpc) is 2.56. The standard InChI is InChI=1S/C17H15NO4/c1-2-22-17(21)18(15-6-4-3-5-7-15)16-9-8-13(11-19)10-14(16)12-20/h3-12H,2H2,1H3. The number of nitrogens with zero attached hydrogens (tertiary/aromatic N) is 1. The topological polar surface area (TPSA) is 63.7 Å². The van der Waals surface area contributed by atoms with E-state index in [1.54, 1.807) is 43.3 Å². The Morgan fingerprint density at radius 1 is 1.09 bits per heavy atom. The smallest absolute Gasteiger partial charge is 0.418 e. The van der Waals surface area contributed by atoms with Gasteiger partial charge >= 0.3 is 6.09 Å². The molecular formula is C17H15NO4. The summed E-state index contributed by atoms with van der Waals surface area (Å²) >= 11 is 0. The van der Waals surface area contributed by atoms with Crippen LogP contribution in [-0.2, 0) is 4.74 Å². The van der Waals surface area contributed by atoms with E-state index in [0.29, 0.717) is 29.5 Å². The first-order valence-electron chi connectivity index (χ1n) is 6.77. The van der Waals surface area contributed by atoms with Crippen LogP contribution in [0.4, 0.5) is 16.2 Å². The molecule has 0 N–H and O–H groups in total. The van der Waals surface area contributed by atoms with Gasteiger partial charge in [0.05, 0.1) is 18.0 Å². The predicted octanol–water partition coefficient (Wildman–Crippen LogP) is 3.61. The summed E-state index contributed by atoms with van der Waals surface area (Å²) in [7, 11) is 0. The molecule has 5 nitrogen and oxygen atoms in total. The molecular weight excluding hydrogens is 282 g/mol. The molecule has 112 valence electrons. The first-order valence-corrected chi connectivity index (χ1v) is 6.77. The molecule has 2 aromatic rings. The second-order valence-corrected chi connectivity index (χ2v) is 4.42. The van der Waals surface area contributed by atoms with E-state index >= 15 is 0 Å². The van der Waals surface area contributed by atoms with Crippen molar-refractivity contribution < 1.29 is 19.1 Å². The molecule has 0 saturated carbocycles. The lowest BCUT2D eigenvalue weighted by Crippen LogP contribution is -2.27. The largest absolute Gasteiger partial charge is 0.449 e. The molecule has 2 aromatic carbocycles. The van der Waals surface area contributed by atoms with E-state index in [2.05, 4.69) is 0 Å². The minimum Gasteiger partial charge on any atom is -0.449 e. The minimum atomic E-state index is -0.587. The zero-order chi connectivity index (χ0) is 15.9. The molecule has 1 amide bonds. The van der Waals surface area contributed by atoms with Crippen molar-refractivity contribution in [1.29, 1.82) is 0 Å². The van der Waals surface area contributed by atoms with Crippen LogP contribution in [0, 0.1) is 0 Å². The lowest BCUT2D eigenvalue weighted by molar-refractivity contribution is 0.112. The average molecular weight is 297 g/mol. The number of para-hydroxylation sites is 1. The van der Waals surface area contributed by atoms with Crippen molar-refractivity contribution >= 4 is 30.0 Å². The summed E-state index contributed by atoms with van der Waals surface area (Å²) < 4.78 is 5.07. The molecule has 0 heterocycles. The first-order chi connectivity index (χ1) is 10.7. The van der Waals surface area contributed by atoms with Gasteiger partial charge in [-0.1, -0.05) is 18.2 Å². The van der Waals surface area contributed by atoms with Crippen LogP contribution in [-0.4, -0.2) is 25.3 Å². The Morgan fingerprint density at radius 3 is 2.41 bits per heavy atom. The molecule has 0 aromatic heterocycles. The highest BCUT2D eigenvalue weighted by Crippen LogP contribution is 2.29. The van der Waals surface area contributed by atoms with Gasteiger partial charge in [-0.2, -0.15) is 0 Å². The van der Waals surface area contributed by atoms with E-state index in [1.807, 2.05) is 6.07 Å². The number of amides is 1. The molecule has 0 aliphatic heterocycles. The van der Waals surface area contributed by atoms with E-state index in [1.165, 1.54) is 11.0 Å². The Balaban J connectivity index is 2.56. The van der Waals surface area contributed by atoms with Crippen molar-refractivity contribution in [3.63, 3.8) is 0 Å². The molecule has 0 saturated heterocycles. The summed E-state index contributed by atoms with van der Waals surface area (Å²) in [5.74, 6) is 0. The molecule has 0 aliphatic carbocycles. The van der Waals surface area contributed by atoms with Gasteiger partial charge in [0, 0.05) is 11.1 Å². The Hall–Kier alpha value is -2.95. The van der Waals surface area contributed by atoms with Crippen LogP contribution in [0.15, 0.2) is 48.5 Å². The summed E-state index contributed by atoms with van der Waals surface area (Å²) in [6, 6.07) is 13.4. The Morgan fingerprint density at radius 2 is 1.82 bits per heavy atom. The van der Waals surface area contributed by atoms with E-state index in [4.69, 9.17) is 4.74 Å². The molecule has 0 spiro atoms. The zero-order valence-corrected chi connectivity index (χ0v) is 12.1. The minimum absolute atomic E-state index is 0.213. The maximum absolute atomic E-state index is 12.3. The van der Waals surface area contributed by atoms with Gasteiger partial charge in [0.2, 0.25) is 0 Å². The highest BCUT2D eigenvalue weighted by atomic mass is 16.6. The van der Waals surface area contributed by atoms with Gasteiger partial charge in [-0.25, -0.2) is 9.69 Å². The third-order valence-electron chi connectivity index (χ3n) is 3.02. The fourth-order valence-corrected chi connectivity index (χ4v) is 2.05. The highest BCUT2D eigenvalue weighted by molar-refractivity contribution is 6.01. The lowest BCUT2D eigenvalue weighted by atomic mass is 10.1. The molecule has 0 aliphatic rings. The van der Waals surface area contributed by atoms with Crippen LogP contribution in [0.1, 0.15) is 27.6 Å². The summed E-state index contributed by atoms with van der Waals surface area (Å²) in [5, 5.41) is 0. The van der Waals surface area contributed by atoms with E-state index in [-0.39, 0.29) is 12.2 Å². The van der Waals surface area contributed by atoms with Crippen molar-refractivity contribution in [2.45, 2.75) is 6.92 Å². The molecule has 0 atom stereocenters. The number of carbonyl (C=O) groups excluding carboxylic acids is 3. The monoisotopic (exact) mass is 297 g/mol. The molecule has 0 fully saturated rings. The van der Waals surface area contributed by atoms with Crippen LogP contribution >= 0.6 is 0 Å². The Kier molecular flexibility index (Phi) is 5.03. The van der Waals surface area contributed by atoms with Crippen molar-refractivity contribution in [1.82, 2.24) is 0 Å². The van der Waals surface area contributed by atoms with Crippen LogP contribution in [0.2, 0.25) is 0 Å². The van der Waals surface area contributed by atoms with Crippen LogP contribution < -0.4 is 4.90 Å². The van der Waals surface area contributed by atoms with Gasteiger partial charge in [-0.15, -0.1) is 0 Å². The van der Waals surface area contributed by atoms with Gasteiger partial charge < -0.3 is 4.74 Å². The SMILES string of the molecule is CCOC(=O)N(c1ccccc1)c1ccc(C=O)cc1C=O. The molecule has 0 unspecified atom stereocenters. The second kappa shape index (κ2) is 7.17. The number of benzene rings is 2. The lowest BCUT2D eigenvalue weighted by Gasteiger charge is -2.23. The van der Waals surface area contributed by atoms with Gasteiger partial charge in [0.25, 0.3) is 0 Å². The molecule has 0 radical (unpaired) electrons. The summed E-state index contributed by atoms with van der Waals surface area (Å²) in [6.07, 6.45) is 0.668. The second-order valence-electron chi connectivity index (χ2n) is 4.42. The fourth-order valence-electron chi connectivity index (χ4n) is 2.05. The van der Waals surface area contributed by atoms with E-state index < -0.39 is 6.09 Å². The Labute approximate surface area is 128 Å². The number of hydrogen-bond acceptors (Lipinski definition) is 4. The highest BCUT2D eigenvalue weighted by Gasteiger charge is 2.22. The van der Waals surface area contributed by atoms with Crippen molar-refractivity contribution in [3.8, 4) is 0 Å². The van der Waals surface area contributed by atoms with Crippen molar-refractivity contribution in [2.24, 2.45) is 0 Å². The summed E-state index contributed by atoms with van der Waals surface area (Å²) in [4.78, 5) is 35.8. The van der Waals surface area contributed by atoms with Gasteiger partial charge in [-0.05, 0) is 37.3 Å². The van der Waals surface area contributed by atoms with Gasteiger partial charge in [-0.3, -0.25) is 9.59 Å².